The summed E-state index contributed by atoms with van der Waals surface area (Å²) in [6.45, 7) is 11.9. The number of aromatic nitrogens is 2. The first-order chi connectivity index (χ1) is 15.3. The zero-order chi connectivity index (χ0) is 24.8. The molecule has 0 saturated heterocycles. The van der Waals surface area contributed by atoms with E-state index in [0.717, 1.165) is 5.56 Å². The fourth-order valence-electron chi connectivity index (χ4n) is 2.83. The van der Waals surface area contributed by atoms with Crippen molar-refractivity contribution in [3.63, 3.8) is 0 Å². The molecule has 1 heterocycles. The predicted molar refractivity (Wildman–Crippen MR) is 127 cm³/mol. The van der Waals surface area contributed by atoms with Crippen LogP contribution in [0.15, 0.2) is 54.9 Å². The third-order valence-corrected chi connectivity index (χ3v) is 5.29. The van der Waals surface area contributed by atoms with Crippen molar-refractivity contribution < 1.29 is 39.1 Å². The third-order valence-electron chi connectivity index (χ3n) is 5.29. The SMILES string of the molecule is CC(C)(C)C(O)CC(O)C(C)(C)C.Fc1c[c-]c(-c2nccnc2-c2ccc(F)cc2)cc1.[Ir]. The first-order valence-electron chi connectivity index (χ1n) is 10.9. The average Bonchev–Trinajstić information content (AvgIpc) is 2.74. The predicted octanol–water partition coefficient (Wildman–Crippen LogP) is 6.08. The molecule has 3 aromatic rings. The van der Waals surface area contributed by atoms with Gasteiger partial charge in [-0.2, -0.15) is 0 Å². The van der Waals surface area contributed by atoms with E-state index in [2.05, 4.69) is 16.0 Å². The van der Waals surface area contributed by atoms with Gasteiger partial charge in [-0.05, 0) is 28.5 Å². The molecule has 0 bridgehead atoms. The summed E-state index contributed by atoms with van der Waals surface area (Å²) < 4.78 is 25.9. The first-order valence-corrected chi connectivity index (χ1v) is 10.9. The summed E-state index contributed by atoms with van der Waals surface area (Å²) in [5.74, 6) is -0.673. The molecule has 187 valence electrons. The van der Waals surface area contributed by atoms with Gasteiger partial charge in [0.2, 0.25) is 0 Å². The molecule has 1 radical (unpaired) electrons. The van der Waals surface area contributed by atoms with Gasteiger partial charge < -0.3 is 15.2 Å². The quantitative estimate of drug-likeness (QED) is 0.337. The van der Waals surface area contributed by atoms with Gasteiger partial charge in [0.05, 0.1) is 17.9 Å². The van der Waals surface area contributed by atoms with E-state index in [1.165, 1.54) is 24.3 Å². The number of nitrogens with zero attached hydrogens (tertiary/aromatic N) is 2. The van der Waals surface area contributed by atoms with Gasteiger partial charge in [-0.15, -0.1) is 29.8 Å². The monoisotopic (exact) mass is 648 g/mol. The summed E-state index contributed by atoms with van der Waals surface area (Å²) in [5, 5.41) is 19.5. The molecule has 3 rings (SSSR count). The number of hydrogen-bond acceptors (Lipinski definition) is 4. The molecule has 4 nitrogen and oxygen atoms in total. The van der Waals surface area contributed by atoms with Gasteiger partial charge in [0.25, 0.3) is 0 Å². The minimum Gasteiger partial charge on any atom is -0.392 e. The minimum atomic E-state index is -0.443. The average molecular weight is 648 g/mol. The van der Waals surface area contributed by atoms with Gasteiger partial charge in [-0.25, -0.2) is 4.39 Å². The van der Waals surface area contributed by atoms with Gasteiger partial charge in [-0.1, -0.05) is 53.7 Å². The second kappa shape index (κ2) is 12.6. The fourth-order valence-corrected chi connectivity index (χ4v) is 2.83. The van der Waals surface area contributed by atoms with Crippen LogP contribution in [-0.4, -0.2) is 32.4 Å². The van der Waals surface area contributed by atoms with Crippen LogP contribution in [0, 0.1) is 28.5 Å². The van der Waals surface area contributed by atoms with E-state index in [-0.39, 0.29) is 42.6 Å². The van der Waals surface area contributed by atoms with Crippen LogP contribution in [0.5, 0.6) is 0 Å². The summed E-state index contributed by atoms with van der Waals surface area (Å²) >= 11 is 0. The van der Waals surface area contributed by atoms with E-state index >= 15 is 0 Å². The van der Waals surface area contributed by atoms with Crippen molar-refractivity contribution in [3.8, 4) is 22.5 Å². The van der Waals surface area contributed by atoms with E-state index in [1.54, 1.807) is 30.6 Å². The van der Waals surface area contributed by atoms with E-state index in [9.17, 15) is 19.0 Å². The maximum atomic E-state index is 13.0. The third kappa shape index (κ3) is 8.95. The molecule has 0 spiro atoms. The first kappa shape index (κ1) is 30.0. The molecule has 2 unspecified atom stereocenters. The van der Waals surface area contributed by atoms with Crippen LogP contribution in [-0.2, 0) is 20.1 Å². The van der Waals surface area contributed by atoms with Crippen LogP contribution < -0.4 is 0 Å². The van der Waals surface area contributed by atoms with E-state index in [4.69, 9.17) is 0 Å². The van der Waals surface area contributed by atoms with Crippen molar-refractivity contribution in [1.29, 1.82) is 0 Å². The summed E-state index contributed by atoms with van der Waals surface area (Å²) in [6.07, 6.45) is 2.68. The van der Waals surface area contributed by atoms with Gasteiger partial charge in [0.15, 0.2) is 0 Å². The Morgan fingerprint density at radius 2 is 1.24 bits per heavy atom. The second-order valence-corrected chi connectivity index (χ2v) is 10.2. The number of rotatable bonds is 4. The Labute approximate surface area is 214 Å². The summed E-state index contributed by atoms with van der Waals surface area (Å²) in [6, 6.07) is 13.0. The smallest absolute Gasteiger partial charge is 0.123 e. The molecule has 0 amide bonds. The maximum Gasteiger partial charge on any atom is 0.123 e. The number of halogens is 2. The molecule has 2 aromatic carbocycles. The van der Waals surface area contributed by atoms with Crippen molar-refractivity contribution in [3.05, 3.63) is 72.6 Å². The molecule has 1 aromatic heterocycles. The zero-order valence-corrected chi connectivity index (χ0v) is 22.8. The van der Waals surface area contributed by atoms with E-state index in [0.29, 0.717) is 23.4 Å². The maximum absolute atomic E-state index is 13.0. The second-order valence-electron chi connectivity index (χ2n) is 10.2. The largest absolute Gasteiger partial charge is 0.392 e. The Kier molecular flexibility index (Phi) is 11.1. The molecule has 0 aliphatic rings. The Bertz CT molecular complexity index is 932. The number of benzene rings is 2. The Morgan fingerprint density at radius 1 is 0.765 bits per heavy atom. The van der Waals surface area contributed by atoms with E-state index < -0.39 is 12.2 Å². The zero-order valence-electron chi connectivity index (χ0n) is 20.4. The van der Waals surface area contributed by atoms with Crippen molar-refractivity contribution >= 4 is 0 Å². The van der Waals surface area contributed by atoms with Crippen molar-refractivity contribution in [2.45, 2.75) is 60.2 Å². The van der Waals surface area contributed by atoms with Gasteiger partial charge in [-0.3, -0.25) is 9.37 Å². The van der Waals surface area contributed by atoms with Crippen molar-refractivity contribution in [2.75, 3.05) is 0 Å². The van der Waals surface area contributed by atoms with Crippen molar-refractivity contribution in [2.24, 2.45) is 10.8 Å². The molecule has 0 aliphatic carbocycles. The van der Waals surface area contributed by atoms with Crippen LogP contribution in [0.4, 0.5) is 8.78 Å². The minimum absolute atomic E-state index is 0. The van der Waals surface area contributed by atoms with Crippen LogP contribution in [0.25, 0.3) is 22.5 Å². The molecule has 2 atom stereocenters. The Morgan fingerprint density at radius 3 is 1.68 bits per heavy atom. The molecular weight excluding hydrogens is 615 g/mol. The van der Waals surface area contributed by atoms with Gasteiger partial charge in [0.1, 0.15) is 5.82 Å². The molecule has 0 saturated carbocycles. The normalized spacial score (nSPS) is 13.2. The Hall–Kier alpha value is -2.05. The molecular formula is C27H33F2IrN2O2-. The molecule has 0 fully saturated rings. The van der Waals surface area contributed by atoms with Crippen molar-refractivity contribution in [1.82, 2.24) is 9.97 Å². The van der Waals surface area contributed by atoms with Gasteiger partial charge >= 0.3 is 0 Å². The summed E-state index contributed by atoms with van der Waals surface area (Å²) in [5.41, 5.74) is 2.28. The Balaban J connectivity index is 0.000000364. The van der Waals surface area contributed by atoms with E-state index in [1.807, 2.05) is 41.5 Å². The standard InChI is InChI=1S/C16H9F2N2.C11H24O2.Ir/c17-13-5-1-11(2-6-13)15-16(20-10-9-19-15)12-3-7-14(18)8-4-12;1-10(2,3)8(12)7-9(13)11(4,5)6;/h1-3,5-10H;8-9,12-13H,7H2,1-6H3;/q-1;;. The number of hydrogen-bond donors (Lipinski definition) is 2. The topological polar surface area (TPSA) is 66.2 Å². The van der Waals surface area contributed by atoms with Gasteiger partial charge in [0, 0.05) is 50.4 Å². The van der Waals surface area contributed by atoms with Crippen LogP contribution in [0.3, 0.4) is 0 Å². The molecule has 0 aliphatic heterocycles. The summed E-state index contributed by atoms with van der Waals surface area (Å²) in [7, 11) is 0. The van der Waals surface area contributed by atoms with Crippen LogP contribution >= 0.6 is 0 Å². The van der Waals surface area contributed by atoms with Crippen LogP contribution in [0.1, 0.15) is 48.0 Å². The molecule has 34 heavy (non-hydrogen) atoms. The fraction of sp³-hybridized carbons (Fsp3) is 0.407. The van der Waals surface area contributed by atoms with Crippen LogP contribution in [0.2, 0.25) is 0 Å². The summed E-state index contributed by atoms with van der Waals surface area (Å²) in [4.78, 5) is 8.55. The molecule has 7 heteroatoms. The molecule has 2 N–H and O–H groups in total. The number of aliphatic hydroxyl groups excluding tert-OH is 2. The number of aliphatic hydroxyl groups is 2.